The van der Waals surface area contributed by atoms with Crippen molar-refractivity contribution < 1.29 is 0 Å². The van der Waals surface area contributed by atoms with E-state index >= 15 is 0 Å². The molecule has 1 aliphatic rings. The van der Waals surface area contributed by atoms with Gasteiger partial charge in [0.05, 0.1) is 11.0 Å². The zero-order chi connectivity index (χ0) is 31.4. The molecule has 0 radical (unpaired) electrons. The van der Waals surface area contributed by atoms with Crippen LogP contribution in [0.5, 0.6) is 0 Å². The Morgan fingerprint density at radius 1 is 0.511 bits per heavy atom. The van der Waals surface area contributed by atoms with Crippen molar-refractivity contribution >= 4 is 58.0 Å². The fourth-order valence-electron chi connectivity index (χ4n) is 7.39. The van der Waals surface area contributed by atoms with Crippen molar-refractivity contribution in [3.63, 3.8) is 0 Å². The van der Waals surface area contributed by atoms with Crippen LogP contribution >= 0.6 is 0 Å². The zero-order valence-electron chi connectivity index (χ0n) is 26.5. The van der Waals surface area contributed by atoms with E-state index in [-0.39, 0.29) is 6.17 Å². The van der Waals surface area contributed by atoms with Gasteiger partial charge in [-0.3, -0.25) is 4.99 Å². The molecule has 1 aliphatic heterocycles. The molecule has 0 amide bonds. The van der Waals surface area contributed by atoms with Crippen LogP contribution in [0.2, 0.25) is 0 Å². The zero-order valence-corrected chi connectivity index (χ0v) is 27.7. The number of para-hydroxylation sites is 1. The van der Waals surface area contributed by atoms with E-state index in [4.69, 9.17) is 4.99 Å². The van der Waals surface area contributed by atoms with Crippen molar-refractivity contribution in [3.05, 3.63) is 169 Å². The van der Waals surface area contributed by atoms with Gasteiger partial charge >= 0.3 is 0 Å². The highest BCUT2D eigenvalue weighted by molar-refractivity contribution is 6.95. The summed E-state index contributed by atoms with van der Waals surface area (Å²) in [6, 6.07) is 57.9. The topological polar surface area (TPSA) is 17.3 Å². The molecule has 2 heterocycles. The van der Waals surface area contributed by atoms with Crippen LogP contribution in [0, 0.1) is 0 Å². The SMILES string of the molecule is C1=N\C(n2c3ccccc3c3ccc(-c4ccccc4)cc32)CCCC\C(c2cccc([SiH](c3ccccc3)c3ccccc3)c2)=C/1. The number of fused-ring (bicyclic) bond motifs is 3. The average molecular weight is 623 g/mol. The normalized spacial score (nSPS) is 17.1. The monoisotopic (exact) mass is 622 g/mol. The minimum atomic E-state index is -1.60. The van der Waals surface area contributed by atoms with Crippen LogP contribution in [0.15, 0.2) is 169 Å². The van der Waals surface area contributed by atoms with Gasteiger partial charge in [0.1, 0.15) is 15.0 Å². The second-order valence-corrected chi connectivity index (χ2v) is 15.4. The van der Waals surface area contributed by atoms with Gasteiger partial charge in [-0.1, -0.05) is 161 Å². The lowest BCUT2D eigenvalue weighted by atomic mass is 9.99. The van der Waals surface area contributed by atoms with Crippen LogP contribution in [0.25, 0.3) is 38.5 Å². The van der Waals surface area contributed by atoms with Gasteiger partial charge < -0.3 is 4.57 Å². The van der Waals surface area contributed by atoms with Crippen LogP contribution in [0.4, 0.5) is 0 Å². The second-order valence-electron chi connectivity index (χ2n) is 12.6. The molecular weight excluding hydrogens is 585 g/mol. The molecule has 7 aromatic rings. The highest BCUT2D eigenvalue weighted by Gasteiger charge is 2.21. The fraction of sp³-hybridized carbons (Fsp3) is 0.114. The molecule has 228 valence electrons. The third-order valence-electron chi connectivity index (χ3n) is 9.67. The van der Waals surface area contributed by atoms with Gasteiger partial charge in [-0.15, -0.1) is 0 Å². The summed E-state index contributed by atoms with van der Waals surface area (Å²) in [5.74, 6) is 0. The van der Waals surface area contributed by atoms with Gasteiger partial charge in [-0.2, -0.15) is 0 Å². The number of aliphatic imine (C=N–C) groups is 1. The van der Waals surface area contributed by atoms with Crippen LogP contribution in [-0.4, -0.2) is 19.6 Å². The molecular formula is C44H38N2Si. The Labute approximate surface area is 279 Å². The van der Waals surface area contributed by atoms with Crippen LogP contribution in [0.1, 0.15) is 37.4 Å². The van der Waals surface area contributed by atoms with Gasteiger partial charge in [0, 0.05) is 17.0 Å². The summed E-state index contributed by atoms with van der Waals surface area (Å²) in [7, 11) is -1.60. The Kier molecular flexibility index (Phi) is 8.21. The lowest BCUT2D eigenvalue weighted by Gasteiger charge is -2.19. The molecule has 2 nitrogen and oxygen atoms in total. The van der Waals surface area contributed by atoms with E-state index in [1.165, 1.54) is 59.6 Å². The van der Waals surface area contributed by atoms with E-state index in [0.717, 1.165) is 25.7 Å². The number of allylic oxidation sites excluding steroid dienone is 2. The van der Waals surface area contributed by atoms with E-state index in [1.54, 1.807) is 0 Å². The van der Waals surface area contributed by atoms with Gasteiger partial charge in [0.25, 0.3) is 0 Å². The first-order valence-corrected chi connectivity index (χ1v) is 18.6. The van der Waals surface area contributed by atoms with E-state index in [1.807, 2.05) is 0 Å². The van der Waals surface area contributed by atoms with Crippen LogP contribution in [0.3, 0.4) is 0 Å². The Hall–Kier alpha value is -5.25. The van der Waals surface area contributed by atoms with Gasteiger partial charge in [-0.05, 0) is 66.2 Å². The van der Waals surface area contributed by atoms with Crippen molar-refractivity contribution in [1.29, 1.82) is 0 Å². The molecule has 1 unspecified atom stereocenters. The van der Waals surface area contributed by atoms with E-state index in [2.05, 4.69) is 175 Å². The smallest absolute Gasteiger partial charge is 0.132 e. The Balaban J connectivity index is 1.17. The molecule has 0 fully saturated rings. The number of hydrogen-bond acceptors (Lipinski definition) is 1. The molecule has 8 rings (SSSR count). The molecule has 1 atom stereocenters. The Morgan fingerprint density at radius 3 is 1.91 bits per heavy atom. The highest BCUT2D eigenvalue weighted by Crippen LogP contribution is 2.37. The number of hydrogen-bond donors (Lipinski definition) is 0. The standard InChI is InChI=1S/C44H38N2Si/c1-4-15-33(16-5-1)36-27-28-41-40-24-11-12-25-42(40)46(43(41)32-36)44-26-13-10-17-34(29-30-45-44)35-18-14-23-39(31-35)47(37-19-6-2-7-20-37)38-21-8-3-9-22-38/h1-9,11-12,14-16,18-25,27-32,44,47H,10,13,17,26H2/b34-29+,45-30-. The van der Waals surface area contributed by atoms with Gasteiger partial charge in [-0.25, -0.2) is 0 Å². The van der Waals surface area contributed by atoms with Crippen molar-refractivity contribution in [3.8, 4) is 11.1 Å². The first kappa shape index (κ1) is 29.2. The van der Waals surface area contributed by atoms with Gasteiger partial charge in [0.15, 0.2) is 0 Å². The molecule has 6 aromatic carbocycles. The Morgan fingerprint density at radius 2 is 1.15 bits per heavy atom. The molecule has 0 bridgehead atoms. The summed E-state index contributed by atoms with van der Waals surface area (Å²) in [5, 5.41) is 6.94. The summed E-state index contributed by atoms with van der Waals surface area (Å²) >= 11 is 0. The second kappa shape index (κ2) is 13.2. The van der Waals surface area contributed by atoms with Crippen molar-refractivity contribution in [2.45, 2.75) is 31.8 Å². The minimum Gasteiger partial charge on any atom is -0.318 e. The summed E-state index contributed by atoms with van der Waals surface area (Å²) in [6.45, 7) is 0. The molecule has 47 heavy (non-hydrogen) atoms. The van der Waals surface area contributed by atoms with Crippen molar-refractivity contribution in [2.75, 3.05) is 0 Å². The maximum atomic E-state index is 5.29. The van der Waals surface area contributed by atoms with Crippen LogP contribution in [-0.2, 0) is 0 Å². The first-order chi connectivity index (χ1) is 23.3. The lowest BCUT2D eigenvalue weighted by Crippen LogP contribution is -2.51. The predicted octanol–water partition coefficient (Wildman–Crippen LogP) is 8.94. The average Bonchev–Trinajstić information content (AvgIpc) is 3.52. The molecule has 0 saturated heterocycles. The minimum absolute atomic E-state index is 0.0401. The predicted molar refractivity (Wildman–Crippen MR) is 204 cm³/mol. The summed E-state index contributed by atoms with van der Waals surface area (Å²) < 4.78 is 2.49. The molecule has 0 aliphatic carbocycles. The highest BCUT2D eigenvalue weighted by atomic mass is 28.3. The summed E-state index contributed by atoms with van der Waals surface area (Å²) in [5.41, 5.74) is 7.68. The third kappa shape index (κ3) is 5.91. The lowest BCUT2D eigenvalue weighted by molar-refractivity contribution is 0.488. The van der Waals surface area contributed by atoms with Crippen LogP contribution < -0.4 is 15.6 Å². The molecule has 1 aromatic heterocycles. The summed E-state index contributed by atoms with van der Waals surface area (Å²) in [4.78, 5) is 5.29. The maximum absolute atomic E-state index is 5.29. The maximum Gasteiger partial charge on any atom is 0.132 e. The largest absolute Gasteiger partial charge is 0.318 e. The molecule has 0 saturated carbocycles. The number of aromatic nitrogens is 1. The number of nitrogens with zero attached hydrogens (tertiary/aromatic N) is 2. The summed E-state index contributed by atoms with van der Waals surface area (Å²) in [6.07, 6.45) is 8.73. The quantitative estimate of drug-likeness (QED) is 0.130. The van der Waals surface area contributed by atoms with E-state index in [9.17, 15) is 0 Å². The first-order valence-electron chi connectivity index (χ1n) is 16.8. The van der Waals surface area contributed by atoms with Gasteiger partial charge in [0.2, 0.25) is 0 Å². The third-order valence-corrected chi connectivity index (χ3v) is 12.8. The van der Waals surface area contributed by atoms with E-state index in [0.29, 0.717) is 0 Å². The number of rotatable bonds is 6. The molecule has 0 N–H and O–H groups in total. The molecule has 3 heteroatoms. The fourth-order valence-corrected chi connectivity index (χ4v) is 10.4. The Bertz CT molecular complexity index is 2160. The van der Waals surface area contributed by atoms with Crippen molar-refractivity contribution in [1.82, 2.24) is 4.57 Å². The molecule has 0 spiro atoms. The van der Waals surface area contributed by atoms with Crippen molar-refractivity contribution in [2.24, 2.45) is 4.99 Å². The number of benzene rings is 6. The van der Waals surface area contributed by atoms with E-state index < -0.39 is 8.80 Å².